The number of carbonyl (C=O) groups is 2. The number of esters is 1. The van der Waals surface area contributed by atoms with Gasteiger partial charge in [0.25, 0.3) is 0 Å². The van der Waals surface area contributed by atoms with Gasteiger partial charge in [-0.15, -0.1) is 21.5 Å². The standard InChI is InChI=1S/C25H27N5O3S2/c1-5-30-19(14-18-12-9-13-29(18)3)27-28-25(30)34-15-20(31)26-23-22(24(32)33-4)21(16(2)35-23)17-10-7-6-8-11-17/h6-13H,5,14-15H2,1-4H3,(H,26,31). The van der Waals surface area contributed by atoms with Crippen LogP contribution >= 0.6 is 23.1 Å². The average Bonchev–Trinajstić information content (AvgIpc) is 3.54. The molecule has 0 aliphatic rings. The van der Waals surface area contributed by atoms with E-state index in [-0.39, 0.29) is 11.7 Å². The quantitative estimate of drug-likeness (QED) is 0.258. The van der Waals surface area contributed by atoms with Crippen molar-refractivity contribution >= 4 is 40.0 Å². The summed E-state index contributed by atoms with van der Waals surface area (Å²) >= 11 is 2.69. The summed E-state index contributed by atoms with van der Waals surface area (Å²) in [4.78, 5) is 26.4. The summed E-state index contributed by atoms with van der Waals surface area (Å²) in [5.41, 5.74) is 3.19. The minimum atomic E-state index is -0.479. The zero-order valence-electron chi connectivity index (χ0n) is 20.1. The van der Waals surface area contributed by atoms with Crippen LogP contribution in [0.15, 0.2) is 53.8 Å². The Hall–Kier alpha value is -3.37. The molecule has 0 unspecified atom stereocenters. The Morgan fingerprint density at radius 2 is 1.91 bits per heavy atom. The van der Waals surface area contributed by atoms with Gasteiger partial charge in [0.15, 0.2) is 5.16 Å². The molecule has 0 aliphatic carbocycles. The molecular formula is C25H27N5O3S2. The lowest BCUT2D eigenvalue weighted by molar-refractivity contribution is -0.113. The molecule has 0 aliphatic heterocycles. The van der Waals surface area contributed by atoms with E-state index in [2.05, 4.69) is 26.1 Å². The van der Waals surface area contributed by atoms with Crippen molar-refractivity contribution in [1.29, 1.82) is 0 Å². The molecule has 0 saturated carbocycles. The van der Waals surface area contributed by atoms with Crippen LogP contribution in [0, 0.1) is 6.92 Å². The first kappa shape index (κ1) is 24.7. The highest BCUT2D eigenvalue weighted by Gasteiger charge is 2.25. The molecule has 0 radical (unpaired) electrons. The molecule has 182 valence electrons. The van der Waals surface area contributed by atoms with Crippen LogP contribution in [0.5, 0.6) is 0 Å². The van der Waals surface area contributed by atoms with Gasteiger partial charge < -0.3 is 19.2 Å². The van der Waals surface area contributed by atoms with Gasteiger partial charge in [-0.3, -0.25) is 4.79 Å². The van der Waals surface area contributed by atoms with Gasteiger partial charge in [-0.05, 0) is 31.5 Å². The molecule has 35 heavy (non-hydrogen) atoms. The van der Waals surface area contributed by atoms with Crippen LogP contribution in [0.25, 0.3) is 11.1 Å². The molecule has 0 bridgehead atoms. The van der Waals surface area contributed by atoms with Gasteiger partial charge in [-0.25, -0.2) is 4.79 Å². The van der Waals surface area contributed by atoms with Gasteiger partial charge in [0.1, 0.15) is 16.4 Å². The number of nitrogens with zero attached hydrogens (tertiary/aromatic N) is 4. The number of nitrogens with one attached hydrogen (secondary N) is 1. The highest BCUT2D eigenvalue weighted by atomic mass is 32.2. The summed E-state index contributed by atoms with van der Waals surface area (Å²) in [6.07, 6.45) is 2.66. The van der Waals surface area contributed by atoms with Crippen molar-refractivity contribution in [3.05, 3.63) is 70.6 Å². The number of benzene rings is 1. The molecule has 1 N–H and O–H groups in total. The zero-order valence-corrected chi connectivity index (χ0v) is 21.7. The van der Waals surface area contributed by atoms with E-state index in [0.717, 1.165) is 27.5 Å². The molecule has 10 heteroatoms. The topological polar surface area (TPSA) is 91.0 Å². The van der Waals surface area contributed by atoms with Crippen molar-refractivity contribution in [3.8, 4) is 11.1 Å². The fourth-order valence-corrected chi connectivity index (χ4v) is 5.79. The number of rotatable bonds is 9. The van der Waals surface area contributed by atoms with Gasteiger partial charge in [0.2, 0.25) is 5.91 Å². The molecule has 0 fully saturated rings. The predicted molar refractivity (Wildman–Crippen MR) is 139 cm³/mol. The molecule has 4 aromatic rings. The molecular weight excluding hydrogens is 482 g/mol. The zero-order chi connectivity index (χ0) is 24.9. The highest BCUT2D eigenvalue weighted by Crippen LogP contribution is 2.40. The van der Waals surface area contributed by atoms with Crippen LogP contribution in [-0.2, 0) is 29.5 Å². The van der Waals surface area contributed by atoms with Crippen molar-refractivity contribution in [2.45, 2.75) is 32.0 Å². The minimum absolute atomic E-state index is 0.139. The van der Waals surface area contributed by atoms with Crippen LogP contribution in [0.1, 0.15) is 33.7 Å². The molecule has 3 aromatic heterocycles. The fourth-order valence-electron chi connectivity index (χ4n) is 3.89. The Kier molecular flexibility index (Phi) is 7.72. The fraction of sp³-hybridized carbons (Fsp3) is 0.280. The molecule has 1 aromatic carbocycles. The Bertz CT molecular complexity index is 1340. The van der Waals surface area contributed by atoms with E-state index in [4.69, 9.17) is 4.74 Å². The predicted octanol–water partition coefficient (Wildman–Crippen LogP) is 4.78. The number of ether oxygens (including phenoxy) is 1. The first-order valence-corrected chi connectivity index (χ1v) is 12.9. The van der Waals surface area contributed by atoms with Gasteiger partial charge >= 0.3 is 5.97 Å². The molecule has 8 nitrogen and oxygen atoms in total. The summed E-state index contributed by atoms with van der Waals surface area (Å²) < 4.78 is 9.11. The maximum Gasteiger partial charge on any atom is 0.341 e. The monoisotopic (exact) mass is 509 g/mol. The third kappa shape index (κ3) is 5.33. The van der Waals surface area contributed by atoms with E-state index in [0.29, 0.717) is 28.7 Å². The van der Waals surface area contributed by atoms with Crippen LogP contribution in [0.2, 0.25) is 0 Å². The van der Waals surface area contributed by atoms with E-state index in [1.165, 1.54) is 30.2 Å². The third-order valence-electron chi connectivity index (χ3n) is 5.62. The molecule has 0 saturated heterocycles. The Balaban J connectivity index is 1.50. The third-order valence-corrected chi connectivity index (χ3v) is 7.61. The number of aromatic nitrogens is 4. The van der Waals surface area contributed by atoms with E-state index in [1.807, 2.05) is 68.1 Å². The first-order chi connectivity index (χ1) is 16.9. The van der Waals surface area contributed by atoms with Crippen LogP contribution < -0.4 is 5.32 Å². The lowest BCUT2D eigenvalue weighted by Crippen LogP contribution is -2.16. The molecule has 4 rings (SSSR count). The minimum Gasteiger partial charge on any atom is -0.465 e. The lowest BCUT2D eigenvalue weighted by atomic mass is 10.0. The first-order valence-electron chi connectivity index (χ1n) is 11.1. The average molecular weight is 510 g/mol. The molecule has 0 atom stereocenters. The SMILES string of the molecule is CCn1c(Cc2cccn2C)nnc1SCC(=O)Nc1sc(C)c(-c2ccccc2)c1C(=O)OC. The van der Waals surface area contributed by atoms with E-state index in [1.54, 1.807) is 0 Å². The number of methoxy groups -OCH3 is 1. The second kappa shape index (κ2) is 10.9. The van der Waals surface area contributed by atoms with Crippen molar-refractivity contribution in [2.75, 3.05) is 18.2 Å². The molecule has 1 amide bonds. The summed E-state index contributed by atoms with van der Waals surface area (Å²) in [6.45, 7) is 4.67. The number of hydrogen-bond donors (Lipinski definition) is 1. The Morgan fingerprint density at radius 1 is 1.14 bits per heavy atom. The second-order valence-corrected chi connectivity index (χ2v) is 10.0. The molecule has 3 heterocycles. The van der Waals surface area contributed by atoms with Crippen molar-refractivity contribution < 1.29 is 14.3 Å². The Labute approximate surface area is 212 Å². The van der Waals surface area contributed by atoms with Crippen LogP contribution in [0.3, 0.4) is 0 Å². The number of hydrogen-bond acceptors (Lipinski definition) is 7. The smallest absolute Gasteiger partial charge is 0.341 e. The number of thiophene rings is 1. The maximum atomic E-state index is 12.9. The summed E-state index contributed by atoms with van der Waals surface area (Å²) in [5, 5.41) is 12.7. The summed E-state index contributed by atoms with van der Waals surface area (Å²) in [7, 11) is 3.34. The van der Waals surface area contributed by atoms with Gasteiger partial charge in [-0.1, -0.05) is 42.1 Å². The van der Waals surface area contributed by atoms with Gasteiger partial charge in [-0.2, -0.15) is 0 Å². The van der Waals surface area contributed by atoms with Crippen LogP contribution in [-0.4, -0.2) is 44.1 Å². The second-order valence-electron chi connectivity index (χ2n) is 7.86. The number of amides is 1. The largest absolute Gasteiger partial charge is 0.465 e. The highest BCUT2D eigenvalue weighted by molar-refractivity contribution is 7.99. The van der Waals surface area contributed by atoms with Gasteiger partial charge in [0, 0.05) is 42.3 Å². The normalized spacial score (nSPS) is 11.0. The van der Waals surface area contributed by atoms with Crippen LogP contribution in [0.4, 0.5) is 5.00 Å². The number of thioether (sulfide) groups is 1. The van der Waals surface area contributed by atoms with Crippen molar-refractivity contribution in [3.63, 3.8) is 0 Å². The molecule has 0 spiro atoms. The van der Waals surface area contributed by atoms with E-state index < -0.39 is 5.97 Å². The lowest BCUT2D eigenvalue weighted by Gasteiger charge is -2.09. The van der Waals surface area contributed by atoms with Gasteiger partial charge in [0.05, 0.1) is 12.9 Å². The maximum absolute atomic E-state index is 12.9. The van der Waals surface area contributed by atoms with E-state index in [9.17, 15) is 9.59 Å². The van der Waals surface area contributed by atoms with Crippen molar-refractivity contribution in [1.82, 2.24) is 19.3 Å². The Morgan fingerprint density at radius 3 is 2.57 bits per heavy atom. The number of carbonyl (C=O) groups excluding carboxylic acids is 2. The number of aryl methyl sites for hydroxylation is 2. The van der Waals surface area contributed by atoms with E-state index >= 15 is 0 Å². The summed E-state index contributed by atoms with van der Waals surface area (Å²) in [6, 6.07) is 13.7. The number of anilines is 1. The van der Waals surface area contributed by atoms with Crippen molar-refractivity contribution in [2.24, 2.45) is 7.05 Å². The summed E-state index contributed by atoms with van der Waals surface area (Å²) in [5.74, 6) is 0.287.